The van der Waals surface area contributed by atoms with Gasteiger partial charge in [-0.15, -0.1) is 5.10 Å². The zero-order valence-electron chi connectivity index (χ0n) is 24.5. The second-order valence-electron chi connectivity index (χ2n) is 11.7. The molecule has 2 saturated heterocycles. The molecule has 2 fully saturated rings. The number of piperidine rings is 1. The Morgan fingerprint density at radius 2 is 1.84 bits per heavy atom. The Hall–Kier alpha value is -4.40. The van der Waals surface area contributed by atoms with Gasteiger partial charge in [0.25, 0.3) is 5.91 Å². The summed E-state index contributed by atoms with van der Waals surface area (Å²) in [4.78, 5) is 48.2. The molecule has 3 aliphatic rings. The third-order valence-electron chi connectivity index (χ3n) is 8.73. The van der Waals surface area contributed by atoms with Gasteiger partial charge in [0, 0.05) is 45.2 Å². The number of nitrogens with zero attached hydrogens (tertiary/aromatic N) is 6. The molecule has 2 bridgehead atoms. The number of hydrogen-bond donors (Lipinski definition) is 1. The van der Waals surface area contributed by atoms with Crippen molar-refractivity contribution in [3.05, 3.63) is 65.9 Å². The smallest absolute Gasteiger partial charge is 0.257 e. The fourth-order valence-corrected chi connectivity index (χ4v) is 7.36. The Bertz CT molecular complexity index is 1670. The quantitative estimate of drug-likeness (QED) is 0.431. The predicted molar refractivity (Wildman–Crippen MR) is 159 cm³/mol. The minimum Gasteiger partial charge on any atom is -0.477 e. The SMILES string of the molecule is O=C1N[C@H](Cc2cn(-c3ccc(F)cc3)nn2)C(=O)N2CC[C@@H](CC(=O)N3CCS(=O)(=O)CC3)[C@@H](CCOc3ncccc31)C2. The van der Waals surface area contributed by atoms with Crippen LogP contribution in [-0.2, 0) is 25.8 Å². The van der Waals surface area contributed by atoms with Gasteiger partial charge in [-0.3, -0.25) is 14.4 Å². The van der Waals surface area contributed by atoms with Gasteiger partial charge in [0.05, 0.1) is 35.7 Å². The van der Waals surface area contributed by atoms with Crippen LogP contribution in [0.15, 0.2) is 48.8 Å². The van der Waals surface area contributed by atoms with E-state index in [1.54, 1.807) is 40.3 Å². The first-order valence-electron chi connectivity index (χ1n) is 15.0. The summed E-state index contributed by atoms with van der Waals surface area (Å²) in [5, 5.41) is 11.2. The number of nitrogens with one attached hydrogen (secondary N) is 1. The van der Waals surface area contributed by atoms with Crippen LogP contribution in [-0.4, -0.2) is 106 Å². The number of rotatable bonds is 5. The molecular weight excluding hydrogens is 605 g/mol. The van der Waals surface area contributed by atoms with Crippen LogP contribution in [0.3, 0.4) is 0 Å². The molecule has 3 aromatic rings. The second kappa shape index (κ2) is 12.9. The van der Waals surface area contributed by atoms with E-state index in [2.05, 4.69) is 20.6 Å². The zero-order valence-corrected chi connectivity index (χ0v) is 25.4. The number of halogens is 1. The van der Waals surface area contributed by atoms with Crippen molar-refractivity contribution in [2.75, 3.05) is 44.3 Å². The lowest BCUT2D eigenvalue weighted by molar-refractivity contribution is -0.137. The summed E-state index contributed by atoms with van der Waals surface area (Å²) in [7, 11) is -3.11. The molecule has 238 valence electrons. The molecule has 3 amide bonds. The third kappa shape index (κ3) is 7.13. The number of benzene rings is 1. The molecule has 15 heteroatoms. The average molecular weight is 640 g/mol. The number of carbonyl (C=O) groups excluding carboxylic acids is 3. The summed E-state index contributed by atoms with van der Waals surface area (Å²) in [5.41, 5.74) is 1.23. The largest absolute Gasteiger partial charge is 0.477 e. The maximum Gasteiger partial charge on any atom is 0.257 e. The van der Waals surface area contributed by atoms with Crippen LogP contribution in [0.5, 0.6) is 5.88 Å². The van der Waals surface area contributed by atoms with Crippen LogP contribution in [0.1, 0.15) is 35.3 Å². The van der Waals surface area contributed by atoms with Crippen LogP contribution < -0.4 is 10.1 Å². The molecule has 13 nitrogen and oxygen atoms in total. The van der Waals surface area contributed by atoms with Crippen LogP contribution in [0.4, 0.5) is 4.39 Å². The number of carbonyl (C=O) groups is 3. The highest BCUT2D eigenvalue weighted by Gasteiger charge is 2.38. The van der Waals surface area contributed by atoms with E-state index >= 15 is 0 Å². The number of pyridine rings is 1. The highest BCUT2D eigenvalue weighted by Crippen LogP contribution is 2.31. The monoisotopic (exact) mass is 639 g/mol. The lowest BCUT2D eigenvalue weighted by Gasteiger charge is -2.41. The fourth-order valence-electron chi connectivity index (χ4n) is 6.16. The number of sulfone groups is 1. The Kier molecular flexibility index (Phi) is 8.79. The number of fused-ring (bicyclic) bond motifs is 3. The molecule has 0 saturated carbocycles. The molecule has 0 aliphatic carbocycles. The van der Waals surface area contributed by atoms with Gasteiger partial charge in [-0.05, 0) is 61.1 Å². The number of hydrogen-bond acceptors (Lipinski definition) is 9. The van der Waals surface area contributed by atoms with Gasteiger partial charge in [0.15, 0.2) is 9.84 Å². The van der Waals surface area contributed by atoms with Gasteiger partial charge in [0.2, 0.25) is 17.7 Å². The summed E-state index contributed by atoms with van der Waals surface area (Å²) in [5.74, 6) is -1.25. The predicted octanol–water partition coefficient (Wildman–Crippen LogP) is 1.04. The molecule has 0 unspecified atom stereocenters. The van der Waals surface area contributed by atoms with Gasteiger partial charge >= 0.3 is 0 Å². The third-order valence-corrected chi connectivity index (χ3v) is 10.3. The van der Waals surface area contributed by atoms with Gasteiger partial charge in [-0.25, -0.2) is 22.5 Å². The minimum atomic E-state index is -3.11. The van der Waals surface area contributed by atoms with Crippen LogP contribution in [0.2, 0.25) is 0 Å². The van der Waals surface area contributed by atoms with Gasteiger partial charge in [-0.1, -0.05) is 5.21 Å². The van der Waals surface area contributed by atoms with E-state index in [-0.39, 0.29) is 85.0 Å². The molecule has 45 heavy (non-hydrogen) atoms. The van der Waals surface area contributed by atoms with E-state index < -0.39 is 21.8 Å². The molecule has 3 atom stereocenters. The summed E-state index contributed by atoms with van der Waals surface area (Å²) in [6.45, 7) is 1.41. The van der Waals surface area contributed by atoms with Crippen molar-refractivity contribution in [1.82, 2.24) is 35.1 Å². The first kappa shape index (κ1) is 30.6. The molecule has 1 N–H and O–H groups in total. The highest BCUT2D eigenvalue weighted by molar-refractivity contribution is 7.91. The van der Waals surface area contributed by atoms with Crippen molar-refractivity contribution < 1.29 is 31.9 Å². The summed E-state index contributed by atoms with van der Waals surface area (Å²) in [6.07, 6.45) is 4.58. The van der Waals surface area contributed by atoms with Crippen molar-refractivity contribution in [2.45, 2.75) is 31.7 Å². The Morgan fingerprint density at radius 3 is 2.62 bits per heavy atom. The minimum absolute atomic E-state index is 0.0276. The summed E-state index contributed by atoms with van der Waals surface area (Å²) >= 11 is 0. The Labute approximate surface area is 259 Å². The first-order chi connectivity index (χ1) is 21.6. The lowest BCUT2D eigenvalue weighted by atomic mass is 9.80. The maximum absolute atomic E-state index is 14.0. The van der Waals surface area contributed by atoms with E-state index in [1.165, 1.54) is 23.0 Å². The van der Waals surface area contributed by atoms with Crippen molar-refractivity contribution >= 4 is 27.6 Å². The summed E-state index contributed by atoms with van der Waals surface area (Å²) < 4.78 is 44.6. The van der Waals surface area contributed by atoms with Gasteiger partial charge < -0.3 is 19.9 Å². The standard InChI is InChI=1S/C30H34FN7O6S/c31-22-3-5-24(6-4-22)38-19-23(34-35-38)17-26-30(41)37-10-7-20(16-27(39)36-11-14-45(42,43)15-12-36)21(18-37)8-13-44-29-25(28(40)33-26)2-1-9-32-29/h1-6,9,19-21,26H,7-8,10-18H2,(H,33,40)/t20-,21-,26+/m0/s1. The van der Waals surface area contributed by atoms with Crippen LogP contribution in [0.25, 0.3) is 5.69 Å². The van der Waals surface area contributed by atoms with Crippen LogP contribution >= 0.6 is 0 Å². The van der Waals surface area contributed by atoms with Crippen molar-refractivity contribution in [3.63, 3.8) is 0 Å². The van der Waals surface area contributed by atoms with E-state index in [1.807, 2.05) is 0 Å². The average Bonchev–Trinajstić information content (AvgIpc) is 3.49. The molecule has 1 aromatic carbocycles. The zero-order chi connectivity index (χ0) is 31.6. The second-order valence-corrected chi connectivity index (χ2v) is 14.0. The number of amides is 3. The molecule has 6 rings (SSSR count). The Balaban J connectivity index is 1.22. The molecule has 0 radical (unpaired) electrons. The molecule has 0 spiro atoms. The maximum atomic E-state index is 14.0. The van der Waals surface area contributed by atoms with E-state index in [4.69, 9.17) is 4.74 Å². The molecule has 3 aliphatic heterocycles. The van der Waals surface area contributed by atoms with Crippen molar-refractivity contribution in [3.8, 4) is 11.6 Å². The highest BCUT2D eigenvalue weighted by atomic mass is 32.2. The van der Waals surface area contributed by atoms with Gasteiger partial charge in [-0.2, -0.15) is 0 Å². The van der Waals surface area contributed by atoms with E-state index in [0.29, 0.717) is 37.3 Å². The number of ether oxygens (including phenoxy) is 1. The topological polar surface area (TPSA) is 157 Å². The fraction of sp³-hybridized carbons (Fsp3) is 0.467. The van der Waals surface area contributed by atoms with E-state index in [0.717, 1.165) is 0 Å². The molecule has 2 aromatic heterocycles. The van der Waals surface area contributed by atoms with Crippen molar-refractivity contribution in [2.24, 2.45) is 11.8 Å². The van der Waals surface area contributed by atoms with Crippen LogP contribution in [0, 0.1) is 17.7 Å². The van der Waals surface area contributed by atoms with Gasteiger partial charge in [0.1, 0.15) is 17.4 Å². The molecular formula is C30H34FN7O6S. The Morgan fingerprint density at radius 1 is 1.07 bits per heavy atom. The molecule has 5 heterocycles. The lowest BCUT2D eigenvalue weighted by Crippen LogP contribution is -2.54. The number of aromatic nitrogens is 4. The summed E-state index contributed by atoms with van der Waals surface area (Å²) in [6, 6.07) is 7.96. The normalized spacial score (nSPS) is 23.6. The first-order valence-corrected chi connectivity index (χ1v) is 16.8. The van der Waals surface area contributed by atoms with E-state index in [9.17, 15) is 27.2 Å². The van der Waals surface area contributed by atoms with Crippen molar-refractivity contribution in [1.29, 1.82) is 0 Å².